The van der Waals surface area contributed by atoms with Gasteiger partial charge in [-0.3, -0.25) is 9.78 Å². The molecule has 1 aromatic carbocycles. The lowest BCUT2D eigenvalue weighted by atomic mass is 9.92. The maximum absolute atomic E-state index is 12.8. The molecule has 3 rings (SSSR count). The molecule has 0 bridgehead atoms. The van der Waals surface area contributed by atoms with Crippen LogP contribution >= 0.6 is 0 Å². The predicted molar refractivity (Wildman–Crippen MR) is 84.0 cm³/mol. The Kier molecular flexibility index (Phi) is 3.88. The molecule has 0 aliphatic carbocycles. The van der Waals surface area contributed by atoms with E-state index in [2.05, 4.69) is 4.98 Å². The number of piperidine rings is 1. The third kappa shape index (κ3) is 2.76. The molecule has 4 nitrogen and oxygen atoms in total. The van der Waals surface area contributed by atoms with E-state index in [0.29, 0.717) is 11.6 Å². The van der Waals surface area contributed by atoms with Crippen LogP contribution in [0.2, 0.25) is 0 Å². The number of carbonyl (C=O) groups is 1. The van der Waals surface area contributed by atoms with Crippen LogP contribution in [-0.2, 0) is 0 Å². The van der Waals surface area contributed by atoms with Gasteiger partial charge < -0.3 is 10.6 Å². The number of hydrogen-bond donors (Lipinski definition) is 1. The van der Waals surface area contributed by atoms with Gasteiger partial charge in [0, 0.05) is 30.7 Å². The number of aromatic nitrogens is 1. The minimum atomic E-state index is 0.0251. The molecule has 21 heavy (non-hydrogen) atoms. The van der Waals surface area contributed by atoms with E-state index in [9.17, 15) is 4.79 Å². The Morgan fingerprint density at radius 2 is 2.19 bits per heavy atom. The first kappa shape index (κ1) is 14.0. The molecule has 1 saturated heterocycles. The highest BCUT2D eigenvalue weighted by Crippen LogP contribution is 2.23. The molecular weight excluding hydrogens is 262 g/mol. The minimum Gasteiger partial charge on any atom is -0.337 e. The fourth-order valence-electron chi connectivity index (χ4n) is 3.06. The van der Waals surface area contributed by atoms with E-state index in [4.69, 9.17) is 5.73 Å². The summed E-state index contributed by atoms with van der Waals surface area (Å²) in [7, 11) is 0. The second kappa shape index (κ2) is 5.82. The maximum atomic E-state index is 12.8. The number of rotatable bonds is 2. The Hall–Kier alpha value is -1.94. The number of carbonyl (C=O) groups excluding carboxylic acids is 1. The van der Waals surface area contributed by atoms with Crippen molar-refractivity contribution in [2.45, 2.75) is 25.8 Å². The Balaban J connectivity index is 1.90. The van der Waals surface area contributed by atoms with Crippen LogP contribution in [0.15, 0.2) is 36.5 Å². The van der Waals surface area contributed by atoms with Gasteiger partial charge in [-0.15, -0.1) is 0 Å². The zero-order chi connectivity index (χ0) is 14.8. The highest BCUT2D eigenvalue weighted by molar-refractivity contribution is 6.05. The van der Waals surface area contributed by atoms with Gasteiger partial charge in [-0.2, -0.15) is 0 Å². The van der Waals surface area contributed by atoms with Crippen LogP contribution in [0.4, 0.5) is 0 Å². The van der Waals surface area contributed by atoms with Crippen LogP contribution in [0.3, 0.4) is 0 Å². The van der Waals surface area contributed by atoms with E-state index < -0.39 is 0 Å². The quantitative estimate of drug-likeness (QED) is 0.921. The molecule has 0 radical (unpaired) electrons. The molecule has 0 spiro atoms. The molecule has 110 valence electrons. The van der Waals surface area contributed by atoms with E-state index >= 15 is 0 Å². The summed E-state index contributed by atoms with van der Waals surface area (Å²) < 4.78 is 0. The van der Waals surface area contributed by atoms with Gasteiger partial charge in [-0.25, -0.2) is 0 Å². The summed E-state index contributed by atoms with van der Waals surface area (Å²) >= 11 is 0. The van der Waals surface area contributed by atoms with Gasteiger partial charge in [0.2, 0.25) is 0 Å². The highest BCUT2D eigenvalue weighted by Gasteiger charge is 2.27. The zero-order valence-corrected chi connectivity index (χ0v) is 12.3. The van der Waals surface area contributed by atoms with Crippen LogP contribution in [0.25, 0.3) is 10.8 Å². The summed E-state index contributed by atoms with van der Waals surface area (Å²) in [5, 5.41) is 1.98. The van der Waals surface area contributed by atoms with Crippen molar-refractivity contribution in [1.29, 1.82) is 0 Å². The van der Waals surface area contributed by atoms with E-state index in [0.717, 1.165) is 36.7 Å². The first-order valence-corrected chi connectivity index (χ1v) is 7.55. The SMILES string of the molecule is CC(N)C1CCCN(C(=O)c2nccc3ccccc23)C1. The van der Waals surface area contributed by atoms with Crippen LogP contribution in [0, 0.1) is 5.92 Å². The Labute approximate surface area is 125 Å². The van der Waals surface area contributed by atoms with Gasteiger partial charge in [0.1, 0.15) is 5.69 Å². The van der Waals surface area contributed by atoms with Crippen LogP contribution in [0.5, 0.6) is 0 Å². The smallest absolute Gasteiger partial charge is 0.273 e. The predicted octanol–water partition coefficient (Wildman–Crippen LogP) is 2.43. The van der Waals surface area contributed by atoms with E-state index in [1.807, 2.05) is 42.2 Å². The molecule has 1 aliphatic rings. The van der Waals surface area contributed by atoms with E-state index in [-0.39, 0.29) is 11.9 Å². The van der Waals surface area contributed by atoms with Crippen LogP contribution in [-0.4, -0.2) is 34.9 Å². The fraction of sp³-hybridized carbons (Fsp3) is 0.412. The zero-order valence-electron chi connectivity index (χ0n) is 12.3. The molecular formula is C17H21N3O. The molecule has 1 aromatic heterocycles. The number of fused-ring (bicyclic) bond motifs is 1. The molecule has 2 unspecified atom stereocenters. The number of hydrogen-bond acceptors (Lipinski definition) is 3. The molecule has 2 aromatic rings. The minimum absolute atomic E-state index is 0.0251. The molecule has 1 amide bonds. The first-order chi connectivity index (χ1) is 10.2. The van der Waals surface area contributed by atoms with Crippen molar-refractivity contribution >= 4 is 16.7 Å². The van der Waals surface area contributed by atoms with E-state index in [1.54, 1.807) is 6.20 Å². The van der Waals surface area contributed by atoms with Crippen molar-refractivity contribution in [1.82, 2.24) is 9.88 Å². The van der Waals surface area contributed by atoms with Gasteiger partial charge in [-0.05, 0) is 37.1 Å². The van der Waals surface area contributed by atoms with Gasteiger partial charge in [0.15, 0.2) is 0 Å². The molecule has 0 saturated carbocycles. The summed E-state index contributed by atoms with van der Waals surface area (Å²) in [4.78, 5) is 19.0. The monoisotopic (exact) mass is 283 g/mol. The van der Waals surface area contributed by atoms with Crippen molar-refractivity contribution < 1.29 is 4.79 Å². The molecule has 2 N–H and O–H groups in total. The topological polar surface area (TPSA) is 59.2 Å². The third-order valence-electron chi connectivity index (χ3n) is 4.36. The average molecular weight is 283 g/mol. The second-order valence-corrected chi connectivity index (χ2v) is 5.89. The van der Waals surface area contributed by atoms with Crippen molar-refractivity contribution in [3.8, 4) is 0 Å². The number of likely N-dealkylation sites (tertiary alicyclic amines) is 1. The first-order valence-electron chi connectivity index (χ1n) is 7.55. The number of amides is 1. The normalized spacial score (nSPS) is 20.5. The molecule has 2 heterocycles. The Bertz CT molecular complexity index is 648. The molecule has 1 fully saturated rings. The second-order valence-electron chi connectivity index (χ2n) is 5.89. The standard InChI is InChI=1S/C17H21N3O/c1-12(18)14-6-4-10-20(11-14)17(21)16-15-7-3-2-5-13(15)8-9-19-16/h2-3,5,7-9,12,14H,4,6,10-11,18H2,1H3. The molecule has 1 aliphatic heterocycles. The Morgan fingerprint density at radius 1 is 1.38 bits per heavy atom. The maximum Gasteiger partial charge on any atom is 0.273 e. The van der Waals surface area contributed by atoms with Crippen molar-refractivity contribution in [2.24, 2.45) is 11.7 Å². The van der Waals surface area contributed by atoms with Crippen LogP contribution < -0.4 is 5.73 Å². The highest BCUT2D eigenvalue weighted by atomic mass is 16.2. The Morgan fingerprint density at radius 3 is 3.00 bits per heavy atom. The molecule has 4 heteroatoms. The van der Waals surface area contributed by atoms with Crippen LogP contribution in [0.1, 0.15) is 30.3 Å². The van der Waals surface area contributed by atoms with Gasteiger partial charge in [-0.1, -0.05) is 24.3 Å². The van der Waals surface area contributed by atoms with Gasteiger partial charge >= 0.3 is 0 Å². The fourth-order valence-corrected chi connectivity index (χ4v) is 3.06. The number of pyridine rings is 1. The summed E-state index contributed by atoms with van der Waals surface area (Å²) in [6.07, 6.45) is 3.83. The lowest BCUT2D eigenvalue weighted by Crippen LogP contribution is -2.45. The van der Waals surface area contributed by atoms with Crippen molar-refractivity contribution in [2.75, 3.05) is 13.1 Å². The largest absolute Gasteiger partial charge is 0.337 e. The lowest BCUT2D eigenvalue weighted by Gasteiger charge is -2.34. The van der Waals surface area contributed by atoms with Crippen molar-refractivity contribution in [3.63, 3.8) is 0 Å². The summed E-state index contributed by atoms with van der Waals surface area (Å²) in [5.41, 5.74) is 6.56. The lowest BCUT2D eigenvalue weighted by molar-refractivity contribution is 0.0657. The molecule has 2 atom stereocenters. The number of benzene rings is 1. The number of nitrogens with two attached hydrogens (primary N) is 1. The average Bonchev–Trinajstić information content (AvgIpc) is 2.53. The summed E-state index contributed by atoms with van der Waals surface area (Å²) in [6, 6.07) is 9.96. The van der Waals surface area contributed by atoms with Gasteiger partial charge in [0.05, 0.1) is 0 Å². The van der Waals surface area contributed by atoms with Crippen molar-refractivity contribution in [3.05, 3.63) is 42.2 Å². The summed E-state index contributed by atoms with van der Waals surface area (Å²) in [5.74, 6) is 0.412. The van der Waals surface area contributed by atoms with E-state index in [1.165, 1.54) is 0 Å². The number of nitrogens with zero attached hydrogens (tertiary/aromatic N) is 2. The summed E-state index contributed by atoms with van der Waals surface area (Å²) in [6.45, 7) is 3.56. The third-order valence-corrected chi connectivity index (χ3v) is 4.36. The van der Waals surface area contributed by atoms with Gasteiger partial charge in [0.25, 0.3) is 5.91 Å².